The first-order valence-corrected chi connectivity index (χ1v) is 7.59. The fourth-order valence-electron chi connectivity index (χ4n) is 2.55. The topological polar surface area (TPSA) is 36.4 Å². The van der Waals surface area contributed by atoms with Gasteiger partial charge in [0, 0.05) is 16.8 Å². The fraction of sp³-hybridized carbons (Fsp3) is 0.786. The second-order valence-electron chi connectivity index (χ2n) is 5.82. The Labute approximate surface area is 114 Å². The zero-order chi connectivity index (χ0) is 13.3. The summed E-state index contributed by atoms with van der Waals surface area (Å²) in [4.78, 5) is 8.20. The lowest BCUT2D eigenvalue weighted by Gasteiger charge is -2.39. The molecule has 1 aliphatic rings. The molecule has 1 unspecified atom stereocenters. The normalized spacial score (nSPS) is 19.4. The molecule has 1 aromatic heterocycles. The lowest BCUT2D eigenvalue weighted by molar-refractivity contribution is 0.00334. The highest BCUT2D eigenvalue weighted by atomic mass is 32.1. The molecule has 0 amide bonds. The number of aromatic nitrogens is 1. The second-order valence-corrected chi connectivity index (χ2v) is 7.10. The van der Waals surface area contributed by atoms with Gasteiger partial charge in [0.25, 0.3) is 0 Å². The van der Waals surface area contributed by atoms with Crippen LogP contribution in [0.5, 0.6) is 0 Å². The van der Waals surface area contributed by atoms with Crippen LogP contribution >= 0.6 is 11.3 Å². The molecule has 1 atom stereocenters. The molecule has 1 N–H and O–H groups in total. The van der Waals surface area contributed by atoms with Crippen molar-refractivity contribution in [1.29, 1.82) is 0 Å². The Hall–Kier alpha value is -0.450. The number of aryl methyl sites for hydroxylation is 2. The Kier molecular flexibility index (Phi) is 4.09. The van der Waals surface area contributed by atoms with E-state index in [-0.39, 0.29) is 11.6 Å². The summed E-state index contributed by atoms with van der Waals surface area (Å²) in [5.41, 5.74) is 0.949. The number of nitrogens with zero attached hydrogens (tertiary/aromatic N) is 2. The maximum atomic E-state index is 10.5. The summed E-state index contributed by atoms with van der Waals surface area (Å²) in [6.45, 7) is 10.6. The monoisotopic (exact) mass is 268 g/mol. The van der Waals surface area contributed by atoms with Gasteiger partial charge in [-0.25, -0.2) is 4.98 Å². The SMILES string of the molecule is Cc1nc(CC(O)C(C)(C)N2CCCC2)sc1C. The molecule has 0 aromatic carbocycles. The van der Waals surface area contributed by atoms with E-state index in [1.807, 2.05) is 6.92 Å². The van der Waals surface area contributed by atoms with Crippen molar-refractivity contribution in [3.05, 3.63) is 15.6 Å². The third-order valence-electron chi connectivity index (χ3n) is 4.18. The van der Waals surface area contributed by atoms with E-state index in [0.717, 1.165) is 23.8 Å². The predicted octanol–water partition coefficient (Wildman–Crippen LogP) is 2.54. The van der Waals surface area contributed by atoms with E-state index in [4.69, 9.17) is 0 Å². The molecule has 1 saturated heterocycles. The van der Waals surface area contributed by atoms with Gasteiger partial charge in [-0.3, -0.25) is 4.90 Å². The highest BCUT2D eigenvalue weighted by Gasteiger charge is 2.36. The molecule has 0 spiro atoms. The summed E-state index contributed by atoms with van der Waals surface area (Å²) < 4.78 is 0. The summed E-state index contributed by atoms with van der Waals surface area (Å²) in [6, 6.07) is 0. The molecule has 0 aliphatic carbocycles. The number of hydrogen-bond donors (Lipinski definition) is 1. The number of hydrogen-bond acceptors (Lipinski definition) is 4. The zero-order valence-electron chi connectivity index (χ0n) is 11.9. The molecule has 0 radical (unpaired) electrons. The minimum absolute atomic E-state index is 0.149. The Morgan fingerprint density at radius 2 is 1.94 bits per heavy atom. The Morgan fingerprint density at radius 3 is 2.44 bits per heavy atom. The van der Waals surface area contributed by atoms with Crippen molar-refractivity contribution in [1.82, 2.24) is 9.88 Å². The maximum Gasteiger partial charge on any atom is 0.0957 e. The van der Waals surface area contributed by atoms with Gasteiger partial charge < -0.3 is 5.11 Å². The van der Waals surface area contributed by atoms with Gasteiger partial charge in [0.05, 0.1) is 16.8 Å². The van der Waals surface area contributed by atoms with E-state index < -0.39 is 0 Å². The second kappa shape index (κ2) is 5.27. The minimum Gasteiger partial charge on any atom is -0.391 e. The minimum atomic E-state index is -0.347. The molecular formula is C14H24N2OS. The van der Waals surface area contributed by atoms with Crippen LogP contribution in [0.25, 0.3) is 0 Å². The molecule has 2 heterocycles. The lowest BCUT2D eigenvalue weighted by atomic mass is 9.93. The van der Waals surface area contributed by atoms with E-state index in [9.17, 15) is 5.11 Å². The first-order chi connectivity index (χ1) is 8.41. The molecule has 4 heteroatoms. The van der Waals surface area contributed by atoms with Crippen molar-refractivity contribution >= 4 is 11.3 Å². The number of aliphatic hydroxyl groups is 1. The van der Waals surface area contributed by atoms with Crippen LogP contribution in [0.4, 0.5) is 0 Å². The molecular weight excluding hydrogens is 244 g/mol. The van der Waals surface area contributed by atoms with Crippen molar-refractivity contribution in [3.8, 4) is 0 Å². The molecule has 3 nitrogen and oxygen atoms in total. The number of aliphatic hydroxyl groups excluding tert-OH is 1. The van der Waals surface area contributed by atoms with Crippen LogP contribution in [0.1, 0.15) is 42.3 Å². The van der Waals surface area contributed by atoms with Gasteiger partial charge in [-0.05, 0) is 53.6 Å². The fourth-order valence-corrected chi connectivity index (χ4v) is 3.52. The Bertz CT molecular complexity index is 388. The molecule has 0 bridgehead atoms. The average Bonchev–Trinajstić information content (AvgIpc) is 2.90. The van der Waals surface area contributed by atoms with E-state index in [1.54, 1.807) is 11.3 Å². The molecule has 2 rings (SSSR count). The van der Waals surface area contributed by atoms with Gasteiger partial charge in [-0.1, -0.05) is 0 Å². The molecule has 18 heavy (non-hydrogen) atoms. The van der Waals surface area contributed by atoms with Gasteiger partial charge in [-0.2, -0.15) is 0 Å². The van der Waals surface area contributed by atoms with Crippen LogP contribution in [-0.4, -0.2) is 39.7 Å². The Morgan fingerprint density at radius 1 is 1.33 bits per heavy atom. The standard InChI is InChI=1S/C14H24N2OS/c1-10-11(2)18-13(15-10)9-12(17)14(3,4)16-7-5-6-8-16/h12,17H,5-9H2,1-4H3. The van der Waals surface area contributed by atoms with Crippen molar-refractivity contribution in [3.63, 3.8) is 0 Å². The van der Waals surface area contributed by atoms with Crippen LogP contribution in [0.15, 0.2) is 0 Å². The smallest absolute Gasteiger partial charge is 0.0957 e. The average molecular weight is 268 g/mol. The summed E-state index contributed by atoms with van der Waals surface area (Å²) in [5, 5.41) is 11.6. The molecule has 102 valence electrons. The molecule has 1 fully saturated rings. The van der Waals surface area contributed by atoms with E-state index in [2.05, 4.69) is 30.7 Å². The quantitative estimate of drug-likeness (QED) is 0.911. The van der Waals surface area contributed by atoms with E-state index in [1.165, 1.54) is 17.7 Å². The number of likely N-dealkylation sites (tertiary alicyclic amines) is 1. The zero-order valence-corrected chi connectivity index (χ0v) is 12.7. The molecule has 0 saturated carbocycles. The van der Waals surface area contributed by atoms with Crippen molar-refractivity contribution in [2.75, 3.05) is 13.1 Å². The van der Waals surface area contributed by atoms with Gasteiger partial charge in [0.1, 0.15) is 0 Å². The van der Waals surface area contributed by atoms with Crippen LogP contribution in [-0.2, 0) is 6.42 Å². The van der Waals surface area contributed by atoms with Crippen molar-refractivity contribution in [2.45, 2.75) is 58.6 Å². The number of thiazole rings is 1. The molecule has 1 aromatic rings. The van der Waals surface area contributed by atoms with E-state index in [0.29, 0.717) is 6.42 Å². The van der Waals surface area contributed by atoms with Crippen LogP contribution in [0, 0.1) is 13.8 Å². The van der Waals surface area contributed by atoms with Crippen LogP contribution in [0.3, 0.4) is 0 Å². The first-order valence-electron chi connectivity index (χ1n) is 6.77. The summed E-state index contributed by atoms with van der Waals surface area (Å²) in [6.07, 6.45) is 2.83. The van der Waals surface area contributed by atoms with Crippen molar-refractivity contribution in [2.24, 2.45) is 0 Å². The summed E-state index contributed by atoms with van der Waals surface area (Å²) >= 11 is 1.71. The maximum absolute atomic E-state index is 10.5. The van der Waals surface area contributed by atoms with Crippen LogP contribution in [0.2, 0.25) is 0 Å². The summed E-state index contributed by atoms with van der Waals surface area (Å²) in [7, 11) is 0. The summed E-state index contributed by atoms with van der Waals surface area (Å²) in [5.74, 6) is 0. The third kappa shape index (κ3) is 2.76. The van der Waals surface area contributed by atoms with Gasteiger partial charge in [-0.15, -0.1) is 11.3 Å². The highest BCUT2D eigenvalue weighted by Crippen LogP contribution is 2.27. The van der Waals surface area contributed by atoms with Crippen LogP contribution < -0.4 is 0 Å². The largest absolute Gasteiger partial charge is 0.391 e. The Balaban J connectivity index is 2.04. The van der Waals surface area contributed by atoms with Gasteiger partial charge in [0.2, 0.25) is 0 Å². The van der Waals surface area contributed by atoms with Gasteiger partial charge in [0.15, 0.2) is 0 Å². The van der Waals surface area contributed by atoms with Gasteiger partial charge >= 0.3 is 0 Å². The third-order valence-corrected chi connectivity index (χ3v) is 5.27. The molecule has 1 aliphatic heterocycles. The first kappa shape index (κ1) is 14.0. The number of rotatable bonds is 4. The highest BCUT2D eigenvalue weighted by molar-refractivity contribution is 7.11. The van der Waals surface area contributed by atoms with E-state index >= 15 is 0 Å². The lowest BCUT2D eigenvalue weighted by Crippen LogP contribution is -2.51. The van der Waals surface area contributed by atoms with Crippen molar-refractivity contribution < 1.29 is 5.11 Å². The predicted molar refractivity (Wildman–Crippen MR) is 76.2 cm³/mol.